The van der Waals surface area contributed by atoms with Crippen molar-refractivity contribution in [1.82, 2.24) is 4.98 Å². The van der Waals surface area contributed by atoms with Crippen molar-refractivity contribution in [3.8, 4) is 0 Å². The molecule has 1 fully saturated rings. The second-order valence-electron chi connectivity index (χ2n) is 4.07. The normalized spacial score (nSPS) is 17.8. The number of anilines is 1. The van der Waals surface area contributed by atoms with Gasteiger partial charge in [0.05, 0.1) is 0 Å². The zero-order valence-electron chi connectivity index (χ0n) is 9.02. The lowest BCUT2D eigenvalue weighted by molar-refractivity contribution is -0.108. The largest absolute Gasteiger partial charge is 0.357 e. The average molecular weight is 204 g/mol. The first-order valence-corrected chi connectivity index (χ1v) is 5.47. The maximum Gasteiger partial charge on any atom is 0.128 e. The lowest BCUT2D eigenvalue weighted by Crippen LogP contribution is -2.18. The molecule has 3 heteroatoms. The van der Waals surface area contributed by atoms with E-state index >= 15 is 0 Å². The summed E-state index contributed by atoms with van der Waals surface area (Å²) in [6.07, 6.45) is 5.28. The number of aromatic nitrogens is 1. The second kappa shape index (κ2) is 4.43. The average Bonchev–Trinajstić information content (AvgIpc) is 2.82. The maximum atomic E-state index is 10.6. The van der Waals surface area contributed by atoms with Crippen LogP contribution in [0.3, 0.4) is 0 Å². The molecule has 0 N–H and O–H groups in total. The van der Waals surface area contributed by atoms with Gasteiger partial charge in [0.1, 0.15) is 12.1 Å². The Hall–Kier alpha value is -1.38. The Bertz CT molecular complexity index is 328. The Balaban J connectivity index is 2.12. The summed E-state index contributed by atoms with van der Waals surface area (Å²) in [5.74, 6) is 0.986. The van der Waals surface area contributed by atoms with Gasteiger partial charge in [-0.3, -0.25) is 0 Å². The zero-order chi connectivity index (χ0) is 10.7. The number of hydrogen-bond donors (Lipinski definition) is 0. The third kappa shape index (κ3) is 2.17. The zero-order valence-corrected chi connectivity index (χ0v) is 9.02. The lowest BCUT2D eigenvalue weighted by atomic mass is 10.1. The van der Waals surface area contributed by atoms with E-state index in [0.717, 1.165) is 30.8 Å². The van der Waals surface area contributed by atoms with Gasteiger partial charge in [-0.2, -0.15) is 0 Å². The molecule has 15 heavy (non-hydrogen) atoms. The molecule has 0 amide bonds. The molecule has 0 aliphatic carbocycles. The predicted octanol–water partition coefficient (Wildman–Crippen LogP) is 1.98. The summed E-state index contributed by atoms with van der Waals surface area (Å²) in [5, 5.41) is 0. The number of nitrogens with zero attached hydrogens (tertiary/aromatic N) is 2. The number of aldehydes is 1. The van der Waals surface area contributed by atoms with Crippen LogP contribution in [0.1, 0.15) is 31.2 Å². The fourth-order valence-corrected chi connectivity index (χ4v) is 1.88. The molecule has 1 aliphatic rings. The van der Waals surface area contributed by atoms with Gasteiger partial charge < -0.3 is 9.69 Å². The van der Waals surface area contributed by atoms with Crippen molar-refractivity contribution in [1.29, 1.82) is 0 Å². The number of rotatable bonds is 3. The van der Waals surface area contributed by atoms with E-state index in [1.807, 2.05) is 25.3 Å². The molecule has 1 saturated heterocycles. The minimum atomic E-state index is -0.0508. The molecular weight excluding hydrogens is 188 g/mol. The topological polar surface area (TPSA) is 33.2 Å². The molecule has 1 unspecified atom stereocenters. The summed E-state index contributed by atoms with van der Waals surface area (Å²) in [4.78, 5) is 17.3. The van der Waals surface area contributed by atoms with Gasteiger partial charge in [-0.05, 0) is 24.5 Å². The van der Waals surface area contributed by atoms with Crippen molar-refractivity contribution >= 4 is 12.1 Å². The molecule has 0 bridgehead atoms. The Morgan fingerprint density at radius 3 is 2.67 bits per heavy atom. The van der Waals surface area contributed by atoms with Crippen molar-refractivity contribution in [2.75, 3.05) is 18.0 Å². The van der Waals surface area contributed by atoms with Gasteiger partial charge in [-0.15, -0.1) is 0 Å². The fourth-order valence-electron chi connectivity index (χ4n) is 1.88. The molecule has 2 heterocycles. The van der Waals surface area contributed by atoms with E-state index in [1.54, 1.807) is 0 Å². The summed E-state index contributed by atoms with van der Waals surface area (Å²) in [6.45, 7) is 4.10. The lowest BCUT2D eigenvalue weighted by Gasteiger charge is -2.16. The Morgan fingerprint density at radius 1 is 1.40 bits per heavy atom. The van der Waals surface area contributed by atoms with Gasteiger partial charge in [0.15, 0.2) is 0 Å². The SMILES string of the molecule is CC(C=O)c1ccc(N2CCCC2)nc1. The van der Waals surface area contributed by atoms with E-state index in [9.17, 15) is 4.79 Å². The van der Waals surface area contributed by atoms with Crippen LogP contribution in [-0.2, 0) is 4.79 Å². The van der Waals surface area contributed by atoms with Crippen LogP contribution in [0.2, 0.25) is 0 Å². The Morgan fingerprint density at radius 2 is 2.13 bits per heavy atom. The molecule has 0 saturated carbocycles. The van der Waals surface area contributed by atoms with E-state index in [1.165, 1.54) is 12.8 Å². The van der Waals surface area contributed by atoms with E-state index in [-0.39, 0.29) is 5.92 Å². The summed E-state index contributed by atoms with van der Waals surface area (Å²) >= 11 is 0. The highest BCUT2D eigenvalue weighted by molar-refractivity contribution is 5.61. The number of hydrogen-bond acceptors (Lipinski definition) is 3. The minimum Gasteiger partial charge on any atom is -0.357 e. The molecule has 1 aromatic heterocycles. The van der Waals surface area contributed by atoms with Crippen LogP contribution in [0, 0.1) is 0 Å². The first-order valence-electron chi connectivity index (χ1n) is 5.47. The Labute approximate surface area is 90.1 Å². The Kier molecular flexibility index (Phi) is 2.99. The van der Waals surface area contributed by atoms with Gasteiger partial charge >= 0.3 is 0 Å². The van der Waals surface area contributed by atoms with Crippen molar-refractivity contribution in [3.05, 3.63) is 23.9 Å². The molecule has 0 aromatic carbocycles. The van der Waals surface area contributed by atoms with Crippen LogP contribution < -0.4 is 4.90 Å². The van der Waals surface area contributed by atoms with Crippen LogP contribution in [0.25, 0.3) is 0 Å². The summed E-state index contributed by atoms with van der Waals surface area (Å²) in [5.41, 5.74) is 0.993. The van der Waals surface area contributed by atoms with Crippen molar-refractivity contribution in [3.63, 3.8) is 0 Å². The first kappa shape index (κ1) is 10.1. The molecule has 1 aliphatic heterocycles. The van der Waals surface area contributed by atoms with E-state index in [4.69, 9.17) is 0 Å². The molecule has 1 aromatic rings. The van der Waals surface area contributed by atoms with Gasteiger partial charge in [-0.1, -0.05) is 13.0 Å². The highest BCUT2D eigenvalue weighted by atomic mass is 16.1. The van der Waals surface area contributed by atoms with Crippen LogP contribution in [0.15, 0.2) is 18.3 Å². The molecule has 0 radical (unpaired) electrons. The first-order chi connectivity index (χ1) is 7.31. The van der Waals surface area contributed by atoms with Crippen LogP contribution in [0.4, 0.5) is 5.82 Å². The van der Waals surface area contributed by atoms with E-state index < -0.39 is 0 Å². The maximum absolute atomic E-state index is 10.6. The van der Waals surface area contributed by atoms with Gasteiger partial charge in [-0.25, -0.2) is 4.98 Å². The van der Waals surface area contributed by atoms with E-state index in [2.05, 4.69) is 9.88 Å². The number of pyridine rings is 1. The van der Waals surface area contributed by atoms with Crippen LogP contribution in [-0.4, -0.2) is 24.4 Å². The minimum absolute atomic E-state index is 0.0508. The van der Waals surface area contributed by atoms with Gasteiger partial charge in [0.25, 0.3) is 0 Å². The quantitative estimate of drug-likeness (QED) is 0.706. The molecule has 3 nitrogen and oxygen atoms in total. The van der Waals surface area contributed by atoms with Gasteiger partial charge in [0.2, 0.25) is 0 Å². The summed E-state index contributed by atoms with van der Waals surface area (Å²) < 4.78 is 0. The predicted molar refractivity (Wildman–Crippen MR) is 60.2 cm³/mol. The highest BCUT2D eigenvalue weighted by Crippen LogP contribution is 2.19. The van der Waals surface area contributed by atoms with Crippen LogP contribution >= 0.6 is 0 Å². The molecular formula is C12H16N2O. The molecule has 2 rings (SSSR count). The van der Waals surface area contributed by atoms with Crippen LogP contribution in [0.5, 0.6) is 0 Å². The smallest absolute Gasteiger partial charge is 0.128 e. The molecule has 1 atom stereocenters. The molecule has 0 spiro atoms. The van der Waals surface area contributed by atoms with Crippen molar-refractivity contribution in [2.45, 2.75) is 25.7 Å². The van der Waals surface area contributed by atoms with Gasteiger partial charge in [0, 0.05) is 25.2 Å². The summed E-state index contributed by atoms with van der Waals surface area (Å²) in [7, 11) is 0. The summed E-state index contributed by atoms with van der Waals surface area (Å²) in [6, 6.07) is 4.01. The highest BCUT2D eigenvalue weighted by Gasteiger charge is 2.13. The third-order valence-electron chi connectivity index (χ3n) is 2.93. The number of carbonyl (C=O) groups excluding carboxylic acids is 1. The van der Waals surface area contributed by atoms with Crippen molar-refractivity contribution in [2.24, 2.45) is 0 Å². The van der Waals surface area contributed by atoms with E-state index in [0.29, 0.717) is 0 Å². The third-order valence-corrected chi connectivity index (χ3v) is 2.93. The molecule has 80 valence electrons. The standard InChI is InChI=1S/C12H16N2O/c1-10(9-15)11-4-5-12(13-8-11)14-6-2-3-7-14/h4-5,8-10H,2-3,6-7H2,1H3. The second-order valence-corrected chi connectivity index (χ2v) is 4.07. The number of carbonyl (C=O) groups is 1. The fraction of sp³-hybridized carbons (Fsp3) is 0.500. The van der Waals surface area contributed by atoms with Crippen molar-refractivity contribution < 1.29 is 4.79 Å². The monoisotopic (exact) mass is 204 g/mol.